The second-order valence-corrected chi connectivity index (χ2v) is 10.9. The van der Waals surface area contributed by atoms with Crippen molar-refractivity contribution in [2.24, 2.45) is 0 Å². The first kappa shape index (κ1) is 49.1. The van der Waals surface area contributed by atoms with Crippen molar-refractivity contribution in [1.29, 1.82) is 0 Å². The molecular weight excluding hydrogens is 721 g/mol. The van der Waals surface area contributed by atoms with E-state index in [9.17, 15) is 25.9 Å². The molecule has 0 rings (SSSR count). The first-order chi connectivity index (χ1) is 16.1. The van der Waals surface area contributed by atoms with Crippen LogP contribution in [0.3, 0.4) is 0 Å². The molecule has 8 nitrogen and oxygen atoms in total. The van der Waals surface area contributed by atoms with E-state index in [0.29, 0.717) is 12.8 Å². The largest absolute Gasteiger partial charge is 1.00 e. The van der Waals surface area contributed by atoms with Gasteiger partial charge in [-0.1, -0.05) is 129 Å². The molecule has 0 N–H and O–H groups in total. The molecule has 0 aliphatic heterocycles. The number of hydrogen-bond acceptors (Lipinski definition) is 8. The molecular formula is C24H50Na2O8PtS2. The summed E-state index contributed by atoms with van der Waals surface area (Å²) >= 11 is 0. The fraction of sp³-hybridized carbons (Fsp3) is 1.00. The van der Waals surface area contributed by atoms with Gasteiger partial charge in [0.2, 0.25) is 20.8 Å². The van der Waals surface area contributed by atoms with Crippen LogP contribution in [-0.4, -0.2) is 39.2 Å². The van der Waals surface area contributed by atoms with E-state index in [0.717, 1.165) is 25.7 Å². The molecule has 218 valence electrons. The maximum atomic E-state index is 10.1. The van der Waals surface area contributed by atoms with Gasteiger partial charge in [-0.05, 0) is 12.8 Å². The molecule has 0 saturated carbocycles. The van der Waals surface area contributed by atoms with Crippen LogP contribution in [0, 0.1) is 0 Å². The summed E-state index contributed by atoms with van der Waals surface area (Å²) < 4.78 is 68.9. The van der Waals surface area contributed by atoms with Gasteiger partial charge in [0.1, 0.15) is 0 Å². The topological polar surface area (TPSA) is 133 Å². The maximum Gasteiger partial charge on any atom is 1.00 e. The van der Waals surface area contributed by atoms with Gasteiger partial charge in [0, 0.05) is 21.1 Å². The van der Waals surface area contributed by atoms with Crippen molar-refractivity contribution in [2.75, 3.05) is 13.2 Å². The van der Waals surface area contributed by atoms with Gasteiger partial charge >= 0.3 is 59.1 Å². The van der Waals surface area contributed by atoms with Crippen LogP contribution in [0.4, 0.5) is 0 Å². The van der Waals surface area contributed by atoms with E-state index in [1.54, 1.807) is 0 Å². The van der Waals surface area contributed by atoms with Crippen molar-refractivity contribution in [2.45, 2.75) is 142 Å². The Hall–Kier alpha value is 2.43. The minimum absolute atomic E-state index is 0. The van der Waals surface area contributed by atoms with Crippen molar-refractivity contribution < 1.29 is 114 Å². The van der Waals surface area contributed by atoms with Crippen LogP contribution in [0.1, 0.15) is 142 Å². The summed E-state index contributed by atoms with van der Waals surface area (Å²) in [5.74, 6) is 0. The normalized spacial score (nSPS) is 10.9. The Balaban J connectivity index is -0.000000171. The van der Waals surface area contributed by atoms with Gasteiger partial charge in [-0.25, -0.2) is 16.8 Å². The monoisotopic (exact) mass is 771 g/mol. The SMILES string of the molecule is CCCCCCCCCCCCOS(=O)(=O)[O-].CCCCCCCCCCCCOS(=O)(=O)[O-].[Na+].[Na+].[Pt]. The van der Waals surface area contributed by atoms with Crippen molar-refractivity contribution in [3.63, 3.8) is 0 Å². The zero-order chi connectivity index (χ0) is 26.0. The second kappa shape index (κ2) is 36.5. The van der Waals surface area contributed by atoms with Crippen molar-refractivity contribution >= 4 is 20.8 Å². The third-order valence-electron chi connectivity index (χ3n) is 5.45. The standard InChI is InChI=1S/2C12H26O4S.2Na.Pt/c2*1-2-3-4-5-6-7-8-9-10-11-12-16-17(13,14)15;;;/h2*2-12H2,1H3,(H,13,14,15);;;/q;;2*+1;/p-2. The quantitative estimate of drug-likeness (QED) is 0.0609. The third-order valence-corrected chi connectivity index (χ3v) is 6.36. The van der Waals surface area contributed by atoms with E-state index in [1.165, 1.54) is 89.9 Å². The molecule has 0 aliphatic rings. The van der Waals surface area contributed by atoms with Gasteiger partial charge in [-0.2, -0.15) is 0 Å². The van der Waals surface area contributed by atoms with Gasteiger partial charge in [0.15, 0.2) is 0 Å². The van der Waals surface area contributed by atoms with Crippen molar-refractivity contribution in [3.05, 3.63) is 0 Å². The zero-order valence-corrected chi connectivity index (χ0v) is 31.9. The van der Waals surface area contributed by atoms with E-state index in [1.807, 2.05) is 0 Å². The van der Waals surface area contributed by atoms with Crippen LogP contribution in [0.2, 0.25) is 0 Å². The average Bonchev–Trinajstić information content (AvgIpc) is 2.75. The molecule has 0 aliphatic carbocycles. The van der Waals surface area contributed by atoms with Crippen LogP contribution >= 0.6 is 0 Å². The van der Waals surface area contributed by atoms with E-state index in [-0.39, 0.29) is 93.4 Å². The summed E-state index contributed by atoms with van der Waals surface area (Å²) in [7, 11) is -8.97. The Morgan fingerprint density at radius 2 is 0.622 bits per heavy atom. The molecule has 13 heteroatoms. The summed E-state index contributed by atoms with van der Waals surface area (Å²) in [6.45, 7) is 4.49. The molecule has 0 unspecified atom stereocenters. The van der Waals surface area contributed by atoms with Gasteiger partial charge in [-0.15, -0.1) is 0 Å². The number of rotatable bonds is 24. The summed E-state index contributed by atoms with van der Waals surface area (Å²) in [6.07, 6.45) is 23.4. The summed E-state index contributed by atoms with van der Waals surface area (Å²) in [5, 5.41) is 0. The van der Waals surface area contributed by atoms with Crippen LogP contribution in [-0.2, 0) is 50.2 Å². The van der Waals surface area contributed by atoms with E-state index >= 15 is 0 Å². The molecule has 0 bridgehead atoms. The predicted octanol–water partition coefficient (Wildman–Crippen LogP) is 0.774. The van der Waals surface area contributed by atoms with Gasteiger partial charge in [-0.3, -0.25) is 8.37 Å². The van der Waals surface area contributed by atoms with E-state index in [4.69, 9.17) is 0 Å². The Kier molecular flexibility index (Phi) is 48.4. The fourth-order valence-corrected chi connectivity index (χ4v) is 4.14. The van der Waals surface area contributed by atoms with Gasteiger partial charge in [0.25, 0.3) is 0 Å². The zero-order valence-electron chi connectivity index (χ0n) is 24.0. The van der Waals surface area contributed by atoms with Crippen LogP contribution in [0.5, 0.6) is 0 Å². The molecule has 0 saturated heterocycles. The molecule has 0 aromatic rings. The van der Waals surface area contributed by atoms with Crippen LogP contribution in [0.15, 0.2) is 0 Å². The average molecular weight is 772 g/mol. The molecule has 0 radical (unpaired) electrons. The third kappa shape index (κ3) is 55.1. The minimum atomic E-state index is -4.48. The molecule has 0 aromatic heterocycles. The van der Waals surface area contributed by atoms with E-state index < -0.39 is 20.8 Å². The Morgan fingerprint density at radius 1 is 0.432 bits per heavy atom. The summed E-state index contributed by atoms with van der Waals surface area (Å²) in [4.78, 5) is 0. The summed E-state index contributed by atoms with van der Waals surface area (Å²) in [5.41, 5.74) is 0. The molecule has 0 heterocycles. The number of unbranched alkanes of at least 4 members (excludes halogenated alkanes) is 18. The smallest absolute Gasteiger partial charge is 0.726 e. The minimum Gasteiger partial charge on any atom is -0.726 e. The Morgan fingerprint density at radius 3 is 0.811 bits per heavy atom. The van der Waals surface area contributed by atoms with Gasteiger partial charge < -0.3 is 9.11 Å². The molecule has 0 atom stereocenters. The van der Waals surface area contributed by atoms with Crippen molar-refractivity contribution in [3.8, 4) is 0 Å². The Labute approximate surface area is 287 Å². The fourth-order valence-electron chi connectivity index (χ4n) is 3.50. The van der Waals surface area contributed by atoms with Gasteiger partial charge in [0.05, 0.1) is 13.2 Å². The number of hydrogen-bond donors (Lipinski definition) is 0. The molecule has 37 heavy (non-hydrogen) atoms. The second-order valence-electron chi connectivity index (χ2n) is 8.82. The van der Waals surface area contributed by atoms with Crippen LogP contribution < -0.4 is 59.1 Å². The first-order valence-electron chi connectivity index (χ1n) is 13.3. The first-order valence-corrected chi connectivity index (χ1v) is 16.0. The van der Waals surface area contributed by atoms with Crippen LogP contribution in [0.25, 0.3) is 0 Å². The van der Waals surface area contributed by atoms with Crippen molar-refractivity contribution in [1.82, 2.24) is 0 Å². The molecule has 0 aromatic carbocycles. The van der Waals surface area contributed by atoms with E-state index in [2.05, 4.69) is 22.2 Å². The molecule has 0 fully saturated rings. The maximum absolute atomic E-state index is 10.1. The molecule has 0 spiro atoms. The Bertz CT molecular complexity index is 570. The predicted molar refractivity (Wildman–Crippen MR) is 135 cm³/mol. The summed E-state index contributed by atoms with van der Waals surface area (Å²) in [6, 6.07) is 0. The molecule has 0 amide bonds.